The molecule has 138 valence electrons. The van der Waals surface area contributed by atoms with E-state index in [0.29, 0.717) is 41.6 Å². The number of aromatic nitrogens is 4. The van der Waals surface area contributed by atoms with Gasteiger partial charge in [-0.3, -0.25) is 14.8 Å². The van der Waals surface area contributed by atoms with Crippen LogP contribution in [0.4, 0.5) is 5.95 Å². The maximum Gasteiger partial charge on any atom is 0.276 e. The van der Waals surface area contributed by atoms with Crippen LogP contribution in [0.3, 0.4) is 0 Å². The molecule has 1 aromatic carbocycles. The highest BCUT2D eigenvalue weighted by Crippen LogP contribution is 2.36. The van der Waals surface area contributed by atoms with Crippen LogP contribution in [0.15, 0.2) is 18.2 Å². The van der Waals surface area contributed by atoms with Gasteiger partial charge in [-0.1, -0.05) is 0 Å². The molecule has 3 heterocycles. The van der Waals surface area contributed by atoms with Crippen molar-refractivity contribution in [2.24, 2.45) is 0 Å². The van der Waals surface area contributed by atoms with Crippen LogP contribution < -0.4 is 10.1 Å². The number of amides is 1. The Labute approximate surface area is 156 Å². The summed E-state index contributed by atoms with van der Waals surface area (Å²) in [5.74, 6) is 0.810. The van der Waals surface area contributed by atoms with Crippen LogP contribution in [0.25, 0.3) is 11.0 Å². The van der Waals surface area contributed by atoms with Gasteiger partial charge in [0.1, 0.15) is 17.0 Å². The van der Waals surface area contributed by atoms with E-state index < -0.39 is 0 Å². The average molecular weight is 364 g/mol. The van der Waals surface area contributed by atoms with Gasteiger partial charge in [-0.15, -0.1) is 0 Å². The van der Waals surface area contributed by atoms with Crippen molar-refractivity contribution in [3.05, 3.63) is 35.2 Å². The van der Waals surface area contributed by atoms with Gasteiger partial charge in [0.2, 0.25) is 5.95 Å². The molecule has 1 aliphatic rings. The minimum absolute atomic E-state index is 0.0947. The summed E-state index contributed by atoms with van der Waals surface area (Å²) in [4.78, 5) is 17.4. The smallest absolute Gasteiger partial charge is 0.276 e. The zero-order chi connectivity index (χ0) is 19.1. The lowest BCUT2D eigenvalue weighted by molar-refractivity contribution is 0.101. The number of hydrogen-bond acceptors (Lipinski definition) is 5. The average Bonchev–Trinajstić information content (AvgIpc) is 3.15. The fourth-order valence-corrected chi connectivity index (χ4v) is 3.49. The third-order valence-corrected chi connectivity index (χ3v) is 4.77. The standard InChI is InChI=1S/C19H20N6O2/c1-4-24-15(7-11(2)23-24)18(26)22-19-21-14-8-13(10-20)9-16-17(14)25(19)12(3)5-6-27-16/h7-9,12H,4-6H2,1-3H3,(H,21,22,26)/t12-/m0/s1. The molecular weight excluding hydrogens is 344 g/mol. The molecule has 0 fully saturated rings. The quantitative estimate of drug-likeness (QED) is 0.770. The SMILES string of the molecule is CCn1nc(C)cc1C(=O)Nc1nc2cc(C#N)cc3c2n1[C@@H](C)CCO3. The van der Waals surface area contributed by atoms with Crippen molar-refractivity contribution in [2.75, 3.05) is 11.9 Å². The van der Waals surface area contributed by atoms with Crippen molar-refractivity contribution < 1.29 is 9.53 Å². The van der Waals surface area contributed by atoms with Crippen molar-refractivity contribution >= 4 is 22.9 Å². The topological polar surface area (TPSA) is 97.8 Å². The van der Waals surface area contributed by atoms with Crippen molar-refractivity contribution in [2.45, 2.75) is 39.8 Å². The van der Waals surface area contributed by atoms with Crippen molar-refractivity contribution in [1.29, 1.82) is 5.26 Å². The molecule has 0 spiro atoms. The van der Waals surface area contributed by atoms with Gasteiger partial charge < -0.3 is 9.30 Å². The van der Waals surface area contributed by atoms with Crippen molar-refractivity contribution in [3.63, 3.8) is 0 Å². The van der Waals surface area contributed by atoms with Crippen LogP contribution in [-0.2, 0) is 6.54 Å². The number of aryl methyl sites for hydroxylation is 2. The van der Waals surface area contributed by atoms with E-state index in [1.807, 2.05) is 18.4 Å². The summed E-state index contributed by atoms with van der Waals surface area (Å²) >= 11 is 0. The third kappa shape index (κ3) is 2.81. The first kappa shape index (κ1) is 17.1. The number of carbonyl (C=O) groups is 1. The van der Waals surface area contributed by atoms with Crippen LogP contribution in [-0.4, -0.2) is 31.8 Å². The predicted octanol–water partition coefficient (Wildman–Crippen LogP) is 3.03. The molecule has 0 bridgehead atoms. The maximum atomic E-state index is 12.9. The predicted molar refractivity (Wildman–Crippen MR) is 99.9 cm³/mol. The molecule has 4 rings (SSSR count). The number of nitrogens with zero attached hydrogens (tertiary/aromatic N) is 5. The van der Waals surface area contributed by atoms with Crippen LogP contribution >= 0.6 is 0 Å². The van der Waals surface area contributed by atoms with Crippen molar-refractivity contribution in [3.8, 4) is 11.8 Å². The molecule has 3 aromatic rings. The Morgan fingerprint density at radius 1 is 1.44 bits per heavy atom. The number of benzene rings is 1. The number of hydrogen-bond donors (Lipinski definition) is 1. The third-order valence-electron chi connectivity index (χ3n) is 4.77. The number of carbonyl (C=O) groups excluding carboxylic acids is 1. The molecule has 0 radical (unpaired) electrons. The summed E-state index contributed by atoms with van der Waals surface area (Å²) < 4.78 is 9.49. The fraction of sp³-hybridized carbons (Fsp3) is 0.368. The Hall–Kier alpha value is -3.34. The van der Waals surface area contributed by atoms with E-state index in [1.165, 1.54) is 0 Å². The van der Waals surface area contributed by atoms with E-state index in [1.54, 1.807) is 22.9 Å². The Bertz CT molecular complexity index is 1090. The minimum Gasteiger partial charge on any atom is -0.491 e. The molecule has 0 unspecified atom stereocenters. The van der Waals surface area contributed by atoms with E-state index in [4.69, 9.17) is 4.74 Å². The lowest BCUT2D eigenvalue weighted by atomic mass is 10.2. The van der Waals surface area contributed by atoms with Gasteiger partial charge in [-0.05, 0) is 32.9 Å². The fourth-order valence-electron chi connectivity index (χ4n) is 3.49. The molecule has 8 heteroatoms. The summed E-state index contributed by atoms with van der Waals surface area (Å²) in [6.45, 7) is 7.01. The summed E-state index contributed by atoms with van der Waals surface area (Å²) in [6, 6.07) is 7.43. The second-order valence-electron chi connectivity index (χ2n) is 6.69. The largest absolute Gasteiger partial charge is 0.491 e. The number of nitriles is 1. The molecular formula is C19H20N6O2. The zero-order valence-corrected chi connectivity index (χ0v) is 15.5. The molecule has 8 nitrogen and oxygen atoms in total. The Kier molecular flexibility index (Phi) is 4.07. The molecule has 0 saturated heterocycles. The Morgan fingerprint density at radius 3 is 3.00 bits per heavy atom. The highest BCUT2D eigenvalue weighted by Gasteiger charge is 2.25. The summed E-state index contributed by atoms with van der Waals surface area (Å²) in [5.41, 5.74) is 3.19. The first-order valence-electron chi connectivity index (χ1n) is 8.96. The van der Waals surface area contributed by atoms with Gasteiger partial charge in [0.25, 0.3) is 5.91 Å². The zero-order valence-electron chi connectivity index (χ0n) is 15.5. The van der Waals surface area contributed by atoms with E-state index in [9.17, 15) is 10.1 Å². The second-order valence-corrected chi connectivity index (χ2v) is 6.69. The second kappa shape index (κ2) is 6.43. The molecule has 2 aromatic heterocycles. The van der Waals surface area contributed by atoms with Gasteiger partial charge in [0.05, 0.1) is 29.5 Å². The minimum atomic E-state index is -0.261. The molecule has 0 aliphatic carbocycles. The van der Waals surface area contributed by atoms with E-state index in [0.717, 1.165) is 17.6 Å². The van der Waals surface area contributed by atoms with Crippen LogP contribution in [0.1, 0.15) is 48.1 Å². The monoisotopic (exact) mass is 364 g/mol. The summed E-state index contributed by atoms with van der Waals surface area (Å²) in [6.07, 6.45) is 0.775. The molecule has 0 saturated carbocycles. The number of rotatable bonds is 3. The lowest BCUT2D eigenvalue weighted by Crippen LogP contribution is -2.20. The lowest BCUT2D eigenvalue weighted by Gasteiger charge is -2.15. The van der Waals surface area contributed by atoms with Gasteiger partial charge in [-0.2, -0.15) is 10.4 Å². The van der Waals surface area contributed by atoms with Gasteiger partial charge in [0, 0.05) is 25.1 Å². The van der Waals surface area contributed by atoms with Crippen molar-refractivity contribution in [1.82, 2.24) is 19.3 Å². The maximum absolute atomic E-state index is 12.9. The van der Waals surface area contributed by atoms with Crippen LogP contribution in [0.5, 0.6) is 5.75 Å². The van der Waals surface area contributed by atoms with Crippen LogP contribution in [0.2, 0.25) is 0 Å². The van der Waals surface area contributed by atoms with E-state index in [-0.39, 0.29) is 11.9 Å². The highest BCUT2D eigenvalue weighted by molar-refractivity contribution is 6.03. The van der Waals surface area contributed by atoms with Gasteiger partial charge >= 0.3 is 0 Å². The number of ether oxygens (including phenoxy) is 1. The molecule has 1 N–H and O–H groups in total. The molecule has 1 amide bonds. The summed E-state index contributed by atoms with van der Waals surface area (Å²) in [7, 11) is 0. The first-order chi connectivity index (χ1) is 13.0. The highest BCUT2D eigenvalue weighted by atomic mass is 16.5. The Morgan fingerprint density at radius 2 is 2.26 bits per heavy atom. The molecule has 27 heavy (non-hydrogen) atoms. The number of nitrogens with one attached hydrogen (secondary N) is 1. The van der Waals surface area contributed by atoms with Crippen LogP contribution in [0, 0.1) is 18.3 Å². The normalized spacial score (nSPS) is 15.9. The van der Waals surface area contributed by atoms with Gasteiger partial charge in [0.15, 0.2) is 0 Å². The number of imidazole rings is 1. The summed E-state index contributed by atoms with van der Waals surface area (Å²) in [5, 5.41) is 16.5. The first-order valence-corrected chi connectivity index (χ1v) is 8.96. The van der Waals surface area contributed by atoms with E-state index in [2.05, 4.69) is 28.4 Å². The number of anilines is 1. The van der Waals surface area contributed by atoms with Gasteiger partial charge in [-0.25, -0.2) is 4.98 Å². The Balaban J connectivity index is 1.82. The molecule has 1 aliphatic heterocycles. The van der Waals surface area contributed by atoms with E-state index >= 15 is 0 Å². The molecule has 1 atom stereocenters.